The molecular weight excluding hydrogens is 569 g/mol. The molecule has 1 atom stereocenters. The molecule has 11 nitrogen and oxygen atoms in total. The van der Waals surface area contributed by atoms with Crippen LogP contribution in [0.1, 0.15) is 28.8 Å². The minimum atomic E-state index is -0.714. The van der Waals surface area contributed by atoms with Crippen LogP contribution in [0.15, 0.2) is 54.6 Å². The largest absolute Gasteiger partial charge is 0.377 e. The molecule has 0 aliphatic carbocycles. The number of hydrogen-bond acceptors (Lipinski definition) is 7. The third-order valence-electron chi connectivity index (χ3n) is 8.39. The molecule has 3 aliphatic heterocycles. The van der Waals surface area contributed by atoms with Crippen molar-refractivity contribution in [2.24, 2.45) is 0 Å². The average molecular weight is 610 g/mol. The van der Waals surface area contributed by atoms with Crippen LogP contribution in [-0.4, -0.2) is 128 Å². The number of carbonyl (C=O) groups excluding carboxylic acids is 4. The molecule has 0 aromatic heterocycles. The van der Waals surface area contributed by atoms with E-state index in [1.165, 1.54) is 24.3 Å². The van der Waals surface area contributed by atoms with Crippen LogP contribution in [0.2, 0.25) is 0 Å². The van der Waals surface area contributed by atoms with Crippen LogP contribution in [0.3, 0.4) is 0 Å². The Hall–Kier alpha value is -3.87. The number of piperazine rings is 1. The molecule has 0 bridgehead atoms. The van der Waals surface area contributed by atoms with Gasteiger partial charge in [-0.25, -0.2) is 4.39 Å². The van der Waals surface area contributed by atoms with E-state index < -0.39 is 11.9 Å². The van der Waals surface area contributed by atoms with E-state index in [4.69, 9.17) is 9.47 Å². The summed E-state index contributed by atoms with van der Waals surface area (Å²) in [6.45, 7) is 3.43. The van der Waals surface area contributed by atoms with Gasteiger partial charge in [-0.15, -0.1) is 0 Å². The fourth-order valence-electron chi connectivity index (χ4n) is 5.99. The molecule has 1 N–H and O–H groups in total. The molecule has 0 saturated carbocycles. The standard InChI is InChI=1S/C32H40FN5O6/c33-26-8-6-25(7-9-26)32(42)36-13-10-27(11-14-36)38-22-29(39)37-16-15-35(20-24-4-2-1-3-5-24)21-28(37)31(41)34-12-17-43-18-19-44-23-30(38)40/h1-9,27-28H,10-23H2,(H,34,41)/t28-/m0/s1. The monoisotopic (exact) mass is 609 g/mol. The number of nitrogens with zero attached hydrogens (tertiary/aromatic N) is 4. The van der Waals surface area contributed by atoms with Gasteiger partial charge in [-0.1, -0.05) is 30.3 Å². The number of halogens is 1. The van der Waals surface area contributed by atoms with E-state index in [2.05, 4.69) is 10.2 Å². The van der Waals surface area contributed by atoms with Gasteiger partial charge in [-0.05, 0) is 42.7 Å². The Kier molecular flexibility index (Phi) is 10.9. The number of carbonyl (C=O) groups is 4. The number of ether oxygens (including phenoxy) is 2. The van der Waals surface area contributed by atoms with Gasteiger partial charge in [-0.2, -0.15) is 0 Å². The van der Waals surface area contributed by atoms with Crippen molar-refractivity contribution in [3.05, 3.63) is 71.5 Å². The van der Waals surface area contributed by atoms with Gasteiger partial charge in [0.15, 0.2) is 0 Å². The van der Waals surface area contributed by atoms with Crippen molar-refractivity contribution in [2.45, 2.75) is 31.5 Å². The summed E-state index contributed by atoms with van der Waals surface area (Å²) in [7, 11) is 0. The highest BCUT2D eigenvalue weighted by atomic mass is 19.1. The van der Waals surface area contributed by atoms with E-state index in [1.807, 2.05) is 30.3 Å². The average Bonchev–Trinajstić information content (AvgIpc) is 3.05. The molecule has 4 amide bonds. The van der Waals surface area contributed by atoms with E-state index in [0.29, 0.717) is 70.8 Å². The third kappa shape index (κ3) is 8.19. The van der Waals surface area contributed by atoms with Gasteiger partial charge in [-0.3, -0.25) is 24.1 Å². The molecule has 3 fully saturated rings. The topological polar surface area (TPSA) is 112 Å². The summed E-state index contributed by atoms with van der Waals surface area (Å²) in [6, 6.07) is 14.4. The maximum Gasteiger partial charge on any atom is 0.253 e. The Bertz CT molecular complexity index is 1290. The lowest BCUT2D eigenvalue weighted by atomic mass is 10.0. The van der Waals surface area contributed by atoms with Crippen molar-refractivity contribution in [3.63, 3.8) is 0 Å². The van der Waals surface area contributed by atoms with Crippen LogP contribution in [0, 0.1) is 5.82 Å². The van der Waals surface area contributed by atoms with Crippen molar-refractivity contribution >= 4 is 23.6 Å². The van der Waals surface area contributed by atoms with Crippen molar-refractivity contribution in [1.29, 1.82) is 0 Å². The summed E-state index contributed by atoms with van der Waals surface area (Å²) < 4.78 is 24.5. The fraction of sp³-hybridized carbons (Fsp3) is 0.500. The maximum atomic E-state index is 13.9. The smallest absolute Gasteiger partial charge is 0.253 e. The van der Waals surface area contributed by atoms with E-state index in [0.717, 1.165) is 5.56 Å². The molecule has 0 spiro atoms. The molecule has 3 aliphatic rings. The highest BCUT2D eigenvalue weighted by Gasteiger charge is 2.38. The molecule has 2 aromatic carbocycles. The van der Waals surface area contributed by atoms with Crippen LogP contribution < -0.4 is 5.32 Å². The maximum absolute atomic E-state index is 13.9. The number of hydrogen-bond donors (Lipinski definition) is 1. The summed E-state index contributed by atoms with van der Waals surface area (Å²) in [5.74, 6) is -1.48. The zero-order valence-electron chi connectivity index (χ0n) is 24.9. The van der Waals surface area contributed by atoms with Crippen LogP contribution in [0.5, 0.6) is 0 Å². The molecule has 0 unspecified atom stereocenters. The molecule has 236 valence electrons. The number of amides is 4. The SMILES string of the molecule is O=C1NCCOCCOCC(=O)N(C2CCN(C(=O)c3ccc(F)cc3)CC2)CC(=O)N2CCN(Cc3ccccc3)C[C@@H]12. The summed E-state index contributed by atoms with van der Waals surface area (Å²) in [6.07, 6.45) is 0.952. The van der Waals surface area contributed by atoms with Gasteiger partial charge in [0.1, 0.15) is 25.0 Å². The Labute approximate surface area is 256 Å². The molecule has 3 heterocycles. The first-order chi connectivity index (χ1) is 21.4. The second-order valence-corrected chi connectivity index (χ2v) is 11.3. The van der Waals surface area contributed by atoms with Gasteiger partial charge in [0.2, 0.25) is 17.7 Å². The van der Waals surface area contributed by atoms with Gasteiger partial charge in [0, 0.05) is 57.4 Å². The lowest BCUT2D eigenvalue weighted by molar-refractivity contribution is -0.151. The lowest BCUT2D eigenvalue weighted by Gasteiger charge is -2.43. The van der Waals surface area contributed by atoms with E-state index in [-0.39, 0.29) is 56.0 Å². The quantitative estimate of drug-likeness (QED) is 0.554. The summed E-state index contributed by atoms with van der Waals surface area (Å²) in [4.78, 5) is 60.6. The summed E-state index contributed by atoms with van der Waals surface area (Å²) in [5.41, 5.74) is 1.52. The first-order valence-electron chi connectivity index (χ1n) is 15.2. The third-order valence-corrected chi connectivity index (χ3v) is 8.39. The molecule has 2 aromatic rings. The minimum Gasteiger partial charge on any atom is -0.377 e. The van der Waals surface area contributed by atoms with Crippen molar-refractivity contribution in [1.82, 2.24) is 24.9 Å². The van der Waals surface area contributed by atoms with E-state index in [9.17, 15) is 23.6 Å². The molecule has 5 rings (SSSR count). The van der Waals surface area contributed by atoms with E-state index in [1.54, 1.807) is 14.7 Å². The number of fused-ring (bicyclic) bond motifs is 1. The number of nitrogens with one attached hydrogen (secondary N) is 1. The van der Waals surface area contributed by atoms with Crippen molar-refractivity contribution in [3.8, 4) is 0 Å². The second-order valence-electron chi connectivity index (χ2n) is 11.3. The van der Waals surface area contributed by atoms with Crippen LogP contribution in [0.25, 0.3) is 0 Å². The Morgan fingerprint density at radius 2 is 1.57 bits per heavy atom. The lowest BCUT2D eigenvalue weighted by Crippen LogP contribution is -2.62. The van der Waals surface area contributed by atoms with Crippen molar-refractivity contribution in [2.75, 3.05) is 72.2 Å². The molecular formula is C32H40FN5O6. The highest BCUT2D eigenvalue weighted by Crippen LogP contribution is 2.21. The second kappa shape index (κ2) is 15.2. The predicted octanol–water partition coefficient (Wildman–Crippen LogP) is 1.13. The van der Waals surface area contributed by atoms with Gasteiger partial charge in [0.05, 0.1) is 19.8 Å². The normalized spacial score (nSPS) is 22.2. The van der Waals surface area contributed by atoms with Crippen LogP contribution in [0.4, 0.5) is 4.39 Å². The molecule has 3 saturated heterocycles. The minimum absolute atomic E-state index is 0.183. The van der Waals surface area contributed by atoms with Crippen LogP contribution >= 0.6 is 0 Å². The predicted molar refractivity (Wildman–Crippen MR) is 159 cm³/mol. The summed E-state index contributed by atoms with van der Waals surface area (Å²) in [5, 5.41) is 2.91. The Morgan fingerprint density at radius 1 is 0.841 bits per heavy atom. The van der Waals surface area contributed by atoms with Crippen molar-refractivity contribution < 1.29 is 33.0 Å². The summed E-state index contributed by atoms with van der Waals surface area (Å²) >= 11 is 0. The first kappa shape index (κ1) is 31.6. The number of piperidine rings is 1. The van der Waals surface area contributed by atoms with Gasteiger partial charge in [0.25, 0.3) is 5.91 Å². The first-order valence-corrected chi connectivity index (χ1v) is 15.2. The molecule has 0 radical (unpaired) electrons. The fourth-order valence-corrected chi connectivity index (χ4v) is 5.99. The number of rotatable bonds is 4. The van der Waals surface area contributed by atoms with Crippen LogP contribution in [-0.2, 0) is 30.4 Å². The van der Waals surface area contributed by atoms with Gasteiger partial charge < -0.3 is 29.5 Å². The number of likely N-dealkylation sites (tertiary alicyclic amines) is 1. The zero-order chi connectivity index (χ0) is 30.9. The Morgan fingerprint density at radius 3 is 2.32 bits per heavy atom. The molecule has 12 heteroatoms. The molecule has 44 heavy (non-hydrogen) atoms. The zero-order valence-corrected chi connectivity index (χ0v) is 24.9. The van der Waals surface area contributed by atoms with E-state index >= 15 is 0 Å². The van der Waals surface area contributed by atoms with Gasteiger partial charge >= 0.3 is 0 Å². The Balaban J connectivity index is 1.28. The number of benzene rings is 2. The highest BCUT2D eigenvalue weighted by molar-refractivity contribution is 5.94.